The van der Waals surface area contributed by atoms with Gasteiger partial charge >= 0.3 is 0 Å². The average Bonchev–Trinajstić information content (AvgIpc) is 2.98. The van der Waals surface area contributed by atoms with E-state index in [-0.39, 0.29) is 0 Å². The first-order chi connectivity index (χ1) is 9.36. The minimum atomic E-state index is 0.523. The van der Waals surface area contributed by atoms with Crippen molar-refractivity contribution in [3.63, 3.8) is 0 Å². The van der Waals surface area contributed by atoms with Crippen molar-refractivity contribution in [1.29, 1.82) is 0 Å². The number of pyridine rings is 1. The number of thioether (sulfide) groups is 1. The molecule has 0 fully saturated rings. The lowest BCUT2D eigenvalue weighted by Crippen LogP contribution is -1.98. The molecule has 0 atom stereocenters. The summed E-state index contributed by atoms with van der Waals surface area (Å²) < 4.78 is 0. The average molecular weight is 269 g/mol. The predicted octanol–water partition coefficient (Wildman–Crippen LogP) is 2.45. The van der Waals surface area contributed by atoms with E-state index in [1.54, 1.807) is 18.0 Å². The molecule has 0 bridgehead atoms. The summed E-state index contributed by atoms with van der Waals surface area (Å²) in [7, 11) is 0. The predicted molar refractivity (Wildman–Crippen MR) is 74.2 cm³/mol. The Morgan fingerprint density at radius 3 is 2.58 bits per heavy atom. The molecule has 0 aliphatic heterocycles. The van der Waals surface area contributed by atoms with E-state index in [1.165, 1.54) is 9.69 Å². The van der Waals surface area contributed by atoms with Crippen LogP contribution in [0.5, 0.6) is 0 Å². The number of tetrazole rings is 1. The van der Waals surface area contributed by atoms with E-state index >= 15 is 0 Å². The molecule has 0 amide bonds. The topological polar surface area (TPSA) is 56.5 Å². The first-order valence-corrected chi connectivity index (χ1v) is 6.95. The van der Waals surface area contributed by atoms with Crippen molar-refractivity contribution in [1.82, 2.24) is 25.2 Å². The highest BCUT2D eigenvalue weighted by Gasteiger charge is 2.07. The monoisotopic (exact) mass is 269 g/mol. The van der Waals surface area contributed by atoms with Gasteiger partial charge in [0.15, 0.2) is 0 Å². The first kappa shape index (κ1) is 11.9. The maximum atomic E-state index is 4.33. The second-order valence-corrected chi connectivity index (χ2v) is 4.70. The molecule has 0 radical (unpaired) electrons. The third-order valence-electron chi connectivity index (χ3n) is 2.61. The number of hydrogen-bond acceptors (Lipinski definition) is 5. The summed E-state index contributed by atoms with van der Waals surface area (Å²) in [6, 6.07) is 13.6. The van der Waals surface area contributed by atoms with Gasteiger partial charge in [0.05, 0.1) is 5.69 Å². The van der Waals surface area contributed by atoms with Crippen LogP contribution in [0.1, 0.15) is 0 Å². The van der Waals surface area contributed by atoms with E-state index in [9.17, 15) is 0 Å². The highest BCUT2D eigenvalue weighted by Crippen LogP contribution is 2.17. The van der Waals surface area contributed by atoms with Crippen LogP contribution in [-0.2, 0) is 0 Å². The Kier molecular flexibility index (Phi) is 3.24. The van der Waals surface area contributed by atoms with Gasteiger partial charge in [0.2, 0.25) is 5.82 Å². The summed E-state index contributed by atoms with van der Waals surface area (Å²) in [5.74, 6) is 0.523. The molecule has 0 saturated heterocycles. The Labute approximate surface area is 114 Å². The van der Waals surface area contributed by atoms with Gasteiger partial charge < -0.3 is 0 Å². The number of hydrogen-bond donors (Lipinski definition) is 0. The zero-order valence-corrected chi connectivity index (χ0v) is 11.1. The van der Waals surface area contributed by atoms with Crippen molar-refractivity contribution in [3.8, 4) is 17.2 Å². The molecule has 3 rings (SSSR count). The lowest BCUT2D eigenvalue weighted by Gasteiger charge is -1.99. The highest BCUT2D eigenvalue weighted by molar-refractivity contribution is 7.98. The molecule has 6 heteroatoms. The maximum absolute atomic E-state index is 4.33. The molecule has 1 aromatic carbocycles. The second-order valence-electron chi connectivity index (χ2n) is 3.82. The van der Waals surface area contributed by atoms with Crippen LogP contribution >= 0.6 is 11.8 Å². The van der Waals surface area contributed by atoms with Crippen LogP contribution in [0.15, 0.2) is 53.6 Å². The van der Waals surface area contributed by atoms with Crippen LogP contribution in [0.3, 0.4) is 0 Å². The van der Waals surface area contributed by atoms with Crippen molar-refractivity contribution >= 4 is 11.8 Å². The Morgan fingerprint density at radius 1 is 1.05 bits per heavy atom. The molecule has 0 aliphatic rings. The van der Waals surface area contributed by atoms with Crippen molar-refractivity contribution in [3.05, 3.63) is 48.7 Å². The number of nitrogens with zero attached hydrogens (tertiary/aromatic N) is 5. The van der Waals surface area contributed by atoms with Gasteiger partial charge in [-0.05, 0) is 47.9 Å². The van der Waals surface area contributed by atoms with E-state index in [2.05, 4.69) is 20.4 Å². The van der Waals surface area contributed by atoms with Gasteiger partial charge in [-0.25, -0.2) is 0 Å². The smallest absolute Gasteiger partial charge is 0.223 e. The second kappa shape index (κ2) is 5.19. The van der Waals surface area contributed by atoms with Crippen LogP contribution in [0.2, 0.25) is 0 Å². The number of benzene rings is 1. The Balaban J connectivity index is 1.92. The molecule has 0 N–H and O–H groups in total. The molecular weight excluding hydrogens is 258 g/mol. The molecule has 5 nitrogen and oxygen atoms in total. The van der Waals surface area contributed by atoms with E-state index in [0.29, 0.717) is 5.82 Å². The quantitative estimate of drug-likeness (QED) is 0.684. The fraction of sp³-hybridized carbons (Fsp3) is 0.0769. The fourth-order valence-electron chi connectivity index (χ4n) is 1.64. The lowest BCUT2D eigenvalue weighted by atomic mass is 10.3. The molecule has 3 aromatic rings. The fourth-order valence-corrected chi connectivity index (χ4v) is 2.05. The molecular formula is C13H11N5S. The van der Waals surface area contributed by atoms with Gasteiger partial charge in [0.1, 0.15) is 5.69 Å². The van der Waals surface area contributed by atoms with Crippen molar-refractivity contribution in [2.75, 3.05) is 6.26 Å². The van der Waals surface area contributed by atoms with Crippen LogP contribution in [0.4, 0.5) is 0 Å². The van der Waals surface area contributed by atoms with Crippen LogP contribution in [-0.4, -0.2) is 31.4 Å². The third kappa shape index (κ3) is 2.48. The minimum Gasteiger partial charge on any atom is -0.253 e. The minimum absolute atomic E-state index is 0.523. The summed E-state index contributed by atoms with van der Waals surface area (Å²) in [5, 5.41) is 12.4. The lowest BCUT2D eigenvalue weighted by molar-refractivity contribution is 0.719. The normalized spacial score (nSPS) is 10.6. The number of rotatable bonds is 3. The summed E-state index contributed by atoms with van der Waals surface area (Å²) >= 11 is 1.70. The standard InChI is InChI=1S/C13H11N5S/c1-19-11-7-5-10(6-8-11)18-16-13(15-17-18)12-4-2-3-9-14-12/h2-9H,1H3. The van der Waals surface area contributed by atoms with Gasteiger partial charge in [-0.3, -0.25) is 4.98 Å². The van der Waals surface area contributed by atoms with E-state index in [4.69, 9.17) is 0 Å². The van der Waals surface area contributed by atoms with Gasteiger partial charge in [-0.1, -0.05) is 6.07 Å². The molecule has 0 unspecified atom stereocenters. The summed E-state index contributed by atoms with van der Waals surface area (Å²) in [4.78, 5) is 6.91. The molecule has 94 valence electrons. The van der Waals surface area contributed by atoms with Crippen LogP contribution in [0, 0.1) is 0 Å². The largest absolute Gasteiger partial charge is 0.253 e. The van der Waals surface area contributed by atoms with Gasteiger partial charge in [-0.2, -0.15) is 0 Å². The molecule has 0 aliphatic carbocycles. The van der Waals surface area contributed by atoms with E-state index < -0.39 is 0 Å². The van der Waals surface area contributed by atoms with Crippen LogP contribution in [0.25, 0.3) is 17.2 Å². The SMILES string of the molecule is CSc1ccc(-n2nnc(-c3ccccn3)n2)cc1. The molecule has 0 saturated carbocycles. The van der Waals surface area contributed by atoms with E-state index in [0.717, 1.165) is 11.4 Å². The molecule has 2 aromatic heterocycles. The number of aromatic nitrogens is 5. The van der Waals surface area contributed by atoms with Gasteiger partial charge in [-0.15, -0.1) is 26.8 Å². The molecule has 2 heterocycles. The van der Waals surface area contributed by atoms with Gasteiger partial charge in [0, 0.05) is 11.1 Å². The zero-order chi connectivity index (χ0) is 13.1. The summed E-state index contributed by atoms with van der Waals surface area (Å²) in [5.41, 5.74) is 1.60. The Hall–Kier alpha value is -2.21. The Bertz CT molecular complexity index is 663. The third-order valence-corrected chi connectivity index (χ3v) is 3.35. The van der Waals surface area contributed by atoms with Crippen molar-refractivity contribution < 1.29 is 0 Å². The zero-order valence-electron chi connectivity index (χ0n) is 10.3. The summed E-state index contributed by atoms with van der Waals surface area (Å²) in [6.45, 7) is 0. The molecule has 19 heavy (non-hydrogen) atoms. The molecule has 0 spiro atoms. The highest BCUT2D eigenvalue weighted by atomic mass is 32.2. The van der Waals surface area contributed by atoms with Crippen molar-refractivity contribution in [2.45, 2.75) is 4.90 Å². The summed E-state index contributed by atoms with van der Waals surface area (Å²) in [6.07, 6.45) is 3.76. The van der Waals surface area contributed by atoms with E-state index in [1.807, 2.05) is 48.7 Å². The Morgan fingerprint density at radius 2 is 1.89 bits per heavy atom. The first-order valence-electron chi connectivity index (χ1n) is 5.73. The van der Waals surface area contributed by atoms with Gasteiger partial charge in [0.25, 0.3) is 0 Å². The van der Waals surface area contributed by atoms with Crippen LogP contribution < -0.4 is 0 Å². The van der Waals surface area contributed by atoms with Crippen molar-refractivity contribution in [2.24, 2.45) is 0 Å². The maximum Gasteiger partial charge on any atom is 0.223 e.